The summed E-state index contributed by atoms with van der Waals surface area (Å²) in [6.45, 7) is 5.64. The molecule has 1 aliphatic heterocycles. The van der Waals surface area contributed by atoms with Crippen molar-refractivity contribution in [1.82, 2.24) is 9.13 Å². The summed E-state index contributed by atoms with van der Waals surface area (Å²) in [5.74, 6) is -2.44. The van der Waals surface area contributed by atoms with E-state index in [2.05, 4.69) is 13.8 Å². The van der Waals surface area contributed by atoms with Crippen molar-refractivity contribution in [3.05, 3.63) is 56.2 Å². The summed E-state index contributed by atoms with van der Waals surface area (Å²) >= 11 is 0. The average molecular weight is 485 g/mol. The van der Waals surface area contributed by atoms with E-state index in [1.54, 1.807) is 4.90 Å². The van der Waals surface area contributed by atoms with Crippen molar-refractivity contribution >= 4 is 29.2 Å². The Morgan fingerprint density at radius 1 is 1.17 bits per heavy atom. The minimum absolute atomic E-state index is 0.0346. The van der Waals surface area contributed by atoms with Crippen molar-refractivity contribution in [3.63, 3.8) is 0 Å². The molecule has 1 amide bonds. The Labute approximate surface area is 203 Å². The number of ether oxygens (including phenoxy) is 1. The van der Waals surface area contributed by atoms with E-state index in [9.17, 15) is 24.0 Å². The predicted molar refractivity (Wildman–Crippen MR) is 132 cm³/mol. The molecule has 1 aromatic carbocycles. The number of ketones is 1. The highest BCUT2D eigenvalue weighted by atomic mass is 16.5. The van der Waals surface area contributed by atoms with Crippen molar-refractivity contribution in [2.45, 2.75) is 52.5 Å². The molecule has 1 saturated heterocycles. The molecule has 0 aliphatic carbocycles. The number of rotatable bonds is 9. The minimum Gasteiger partial charge on any atom is -0.457 e. The van der Waals surface area contributed by atoms with E-state index >= 15 is 0 Å². The van der Waals surface area contributed by atoms with Gasteiger partial charge in [0, 0.05) is 32.2 Å². The van der Waals surface area contributed by atoms with Gasteiger partial charge in [-0.1, -0.05) is 39.0 Å². The van der Waals surface area contributed by atoms with Gasteiger partial charge in [0.05, 0.1) is 5.92 Å². The number of carbonyl (C=O) groups is 3. The highest BCUT2D eigenvalue weighted by Gasteiger charge is 2.37. The monoisotopic (exact) mass is 484 g/mol. The molecule has 2 aromatic rings. The second kappa shape index (κ2) is 10.7. The van der Waals surface area contributed by atoms with E-state index in [1.165, 1.54) is 7.05 Å². The number of nitrogens with zero attached hydrogens (tertiary/aromatic N) is 3. The molecule has 10 nitrogen and oxygen atoms in total. The number of nitrogen functional groups attached to an aromatic ring is 1. The lowest BCUT2D eigenvalue weighted by Crippen LogP contribution is -2.43. The largest absolute Gasteiger partial charge is 0.457 e. The summed E-state index contributed by atoms with van der Waals surface area (Å²) in [5, 5.41) is 0. The van der Waals surface area contributed by atoms with E-state index in [4.69, 9.17) is 10.5 Å². The van der Waals surface area contributed by atoms with Crippen LogP contribution in [-0.2, 0) is 27.9 Å². The van der Waals surface area contributed by atoms with E-state index in [0.717, 1.165) is 26.8 Å². The molecular weight excluding hydrogens is 452 g/mol. The molecule has 1 aliphatic rings. The maximum absolute atomic E-state index is 12.8. The fourth-order valence-corrected chi connectivity index (χ4v) is 4.28. The Morgan fingerprint density at radius 3 is 2.51 bits per heavy atom. The molecule has 10 heteroatoms. The van der Waals surface area contributed by atoms with Gasteiger partial charge in [-0.15, -0.1) is 0 Å². The van der Waals surface area contributed by atoms with Gasteiger partial charge in [-0.3, -0.25) is 28.3 Å². The van der Waals surface area contributed by atoms with E-state index in [1.807, 2.05) is 31.2 Å². The zero-order valence-corrected chi connectivity index (χ0v) is 20.6. The molecular formula is C25H32N4O6. The number of benzene rings is 1. The first-order chi connectivity index (χ1) is 16.6. The van der Waals surface area contributed by atoms with Crippen molar-refractivity contribution < 1.29 is 19.1 Å². The molecule has 0 saturated carbocycles. The van der Waals surface area contributed by atoms with Crippen molar-refractivity contribution in [2.24, 2.45) is 13.0 Å². The van der Waals surface area contributed by atoms with E-state index < -0.39 is 35.5 Å². The second-order valence-electron chi connectivity index (χ2n) is 8.86. The third-order valence-corrected chi connectivity index (χ3v) is 6.48. The van der Waals surface area contributed by atoms with Crippen LogP contribution in [0.4, 0.5) is 11.5 Å². The van der Waals surface area contributed by atoms with Crippen LogP contribution in [0.3, 0.4) is 0 Å². The second-order valence-corrected chi connectivity index (χ2v) is 8.86. The predicted octanol–water partition coefficient (Wildman–Crippen LogP) is 1.83. The minimum atomic E-state index is -0.843. The summed E-state index contributed by atoms with van der Waals surface area (Å²) in [6, 6.07) is 7.61. The lowest BCUT2D eigenvalue weighted by molar-refractivity contribution is -0.147. The number of esters is 1. The smallest absolute Gasteiger partial charge is 0.332 e. The first kappa shape index (κ1) is 25.9. The van der Waals surface area contributed by atoms with E-state index in [-0.39, 0.29) is 42.7 Å². The van der Waals surface area contributed by atoms with Crippen LogP contribution in [0.15, 0.2) is 33.9 Å². The molecule has 1 fully saturated rings. The molecule has 3 rings (SSSR count). The number of para-hydroxylation sites is 1. The van der Waals surface area contributed by atoms with Crippen molar-refractivity contribution in [2.75, 3.05) is 23.8 Å². The number of hydrogen-bond donors (Lipinski definition) is 1. The molecule has 0 unspecified atom stereocenters. The number of nitrogens with two attached hydrogens (primary N) is 1. The number of carbonyl (C=O) groups excluding carboxylic acids is 3. The van der Waals surface area contributed by atoms with Crippen LogP contribution in [0.2, 0.25) is 0 Å². The zero-order valence-electron chi connectivity index (χ0n) is 20.6. The van der Waals surface area contributed by atoms with Gasteiger partial charge in [-0.2, -0.15) is 0 Å². The van der Waals surface area contributed by atoms with Gasteiger partial charge < -0.3 is 15.4 Å². The van der Waals surface area contributed by atoms with Crippen LogP contribution in [-0.4, -0.2) is 39.9 Å². The van der Waals surface area contributed by atoms with Crippen LogP contribution < -0.4 is 21.9 Å². The lowest BCUT2D eigenvalue weighted by Gasteiger charge is -2.23. The number of amides is 1. The molecule has 188 valence electrons. The van der Waals surface area contributed by atoms with Crippen molar-refractivity contribution in [1.29, 1.82) is 0 Å². The van der Waals surface area contributed by atoms with Crippen LogP contribution in [0, 0.1) is 5.92 Å². The van der Waals surface area contributed by atoms with Gasteiger partial charge in [0.1, 0.15) is 11.4 Å². The zero-order chi connectivity index (χ0) is 25.9. The highest BCUT2D eigenvalue weighted by Crippen LogP contribution is 2.33. The molecule has 35 heavy (non-hydrogen) atoms. The van der Waals surface area contributed by atoms with Gasteiger partial charge in [0.15, 0.2) is 6.61 Å². The van der Waals surface area contributed by atoms with Crippen molar-refractivity contribution in [3.8, 4) is 0 Å². The Balaban J connectivity index is 1.74. The van der Waals surface area contributed by atoms with Gasteiger partial charge in [0.25, 0.3) is 5.56 Å². The summed E-state index contributed by atoms with van der Waals surface area (Å²) < 4.78 is 7.16. The Bertz CT molecular complexity index is 1260. The number of anilines is 2. The molecule has 2 atom stereocenters. The van der Waals surface area contributed by atoms with Gasteiger partial charge in [-0.05, 0) is 30.4 Å². The number of aromatic nitrogens is 2. The third-order valence-electron chi connectivity index (χ3n) is 6.48. The molecule has 0 bridgehead atoms. The molecule has 0 radical (unpaired) electrons. The normalized spacial score (nSPS) is 16.4. The summed E-state index contributed by atoms with van der Waals surface area (Å²) in [4.78, 5) is 64.6. The number of Topliss-reactive ketones (excluding diaryl/α,β-unsaturated/α-hetero) is 1. The molecule has 0 spiro atoms. The lowest BCUT2D eigenvalue weighted by atomic mass is 9.96. The van der Waals surface area contributed by atoms with Crippen LogP contribution in [0.5, 0.6) is 0 Å². The van der Waals surface area contributed by atoms with Gasteiger partial charge >= 0.3 is 11.7 Å². The standard InChI is InChI=1S/C25H32N4O6/c1-5-11-28-22(26)21(23(32)27(4)25(28)34)19(30)14-35-24(33)16-12-20(31)29(13-16)18-10-8-7-9-17(18)15(3)6-2/h7-10,15-16H,5-6,11-14,26H2,1-4H3/t15-,16+/m1/s1. The fraction of sp³-hybridized carbons (Fsp3) is 0.480. The van der Waals surface area contributed by atoms with Gasteiger partial charge in [-0.25, -0.2) is 4.79 Å². The third kappa shape index (κ3) is 5.06. The Hall–Kier alpha value is -3.69. The average Bonchev–Trinajstić information content (AvgIpc) is 3.24. The Kier molecular flexibility index (Phi) is 7.93. The van der Waals surface area contributed by atoms with Gasteiger partial charge in [0.2, 0.25) is 11.7 Å². The fourth-order valence-electron chi connectivity index (χ4n) is 4.28. The quantitative estimate of drug-likeness (QED) is 0.424. The first-order valence-electron chi connectivity index (χ1n) is 11.8. The SMILES string of the molecule is CCCn1c(N)c(C(=O)COC(=O)[C@H]2CC(=O)N(c3ccccc3[C@H](C)CC)C2)c(=O)n(C)c1=O. The topological polar surface area (TPSA) is 134 Å². The first-order valence-corrected chi connectivity index (χ1v) is 11.8. The summed E-state index contributed by atoms with van der Waals surface area (Å²) in [6.07, 6.45) is 1.44. The molecule has 2 heterocycles. The molecule has 2 N–H and O–H groups in total. The summed E-state index contributed by atoms with van der Waals surface area (Å²) in [7, 11) is 1.26. The summed E-state index contributed by atoms with van der Waals surface area (Å²) in [5.41, 5.74) is 5.90. The Morgan fingerprint density at radius 2 is 1.86 bits per heavy atom. The highest BCUT2D eigenvalue weighted by molar-refractivity contribution is 6.02. The van der Waals surface area contributed by atoms with Crippen LogP contribution >= 0.6 is 0 Å². The molecule has 1 aromatic heterocycles. The van der Waals surface area contributed by atoms with Crippen LogP contribution in [0.25, 0.3) is 0 Å². The maximum Gasteiger partial charge on any atom is 0.332 e. The van der Waals surface area contributed by atoms with E-state index in [0.29, 0.717) is 6.42 Å². The number of hydrogen-bond acceptors (Lipinski definition) is 7. The van der Waals surface area contributed by atoms with Crippen LogP contribution in [0.1, 0.15) is 61.9 Å². The maximum atomic E-state index is 12.8.